The Bertz CT molecular complexity index is 744. The first-order chi connectivity index (χ1) is 12.1. The second kappa shape index (κ2) is 9.64. The van der Waals surface area contributed by atoms with Gasteiger partial charge in [0.1, 0.15) is 0 Å². The number of ether oxygens (including phenoxy) is 1. The summed E-state index contributed by atoms with van der Waals surface area (Å²) in [6.07, 6.45) is 3.38. The molecule has 0 aliphatic rings. The van der Waals surface area contributed by atoms with Crippen molar-refractivity contribution in [2.45, 2.75) is 13.0 Å². The molecule has 130 valence electrons. The second-order valence-corrected chi connectivity index (χ2v) is 5.83. The molecule has 25 heavy (non-hydrogen) atoms. The Kier molecular flexibility index (Phi) is 7.23. The van der Waals surface area contributed by atoms with Crippen LogP contribution in [0, 0.1) is 0 Å². The van der Waals surface area contributed by atoms with Crippen LogP contribution in [-0.2, 0) is 20.9 Å². The van der Waals surface area contributed by atoms with Gasteiger partial charge in [0.25, 0.3) is 0 Å². The van der Waals surface area contributed by atoms with Crippen molar-refractivity contribution in [1.29, 1.82) is 0 Å². The molecule has 2 rings (SSSR count). The second-order valence-electron chi connectivity index (χ2n) is 5.42. The molecular formula is C20H20ClNO3. The van der Waals surface area contributed by atoms with Gasteiger partial charge in [0.2, 0.25) is 5.91 Å². The lowest BCUT2D eigenvalue weighted by atomic mass is 10.2. The number of nitrogens with zero attached hydrogens (tertiary/aromatic N) is 1. The molecule has 5 heteroatoms. The molecule has 0 N–H and O–H groups in total. The largest absolute Gasteiger partial charge is 0.469 e. The summed E-state index contributed by atoms with van der Waals surface area (Å²) in [5.74, 6) is -0.545. The number of amides is 1. The average Bonchev–Trinajstić information content (AvgIpc) is 2.65. The summed E-state index contributed by atoms with van der Waals surface area (Å²) in [5, 5.41) is 0.588. The first-order valence-corrected chi connectivity index (χ1v) is 8.30. The summed E-state index contributed by atoms with van der Waals surface area (Å²) in [6, 6.07) is 16.9. The summed E-state index contributed by atoms with van der Waals surface area (Å²) in [7, 11) is 1.33. The van der Waals surface area contributed by atoms with Crippen LogP contribution < -0.4 is 0 Å². The molecule has 0 aliphatic heterocycles. The molecule has 2 aromatic rings. The van der Waals surface area contributed by atoms with Crippen LogP contribution in [-0.4, -0.2) is 30.4 Å². The van der Waals surface area contributed by atoms with E-state index in [-0.39, 0.29) is 24.8 Å². The van der Waals surface area contributed by atoms with Crippen LogP contribution in [0.5, 0.6) is 0 Å². The minimum atomic E-state index is -0.357. The highest BCUT2D eigenvalue weighted by Crippen LogP contribution is 2.17. The lowest BCUT2D eigenvalue weighted by molar-refractivity contribution is -0.141. The van der Waals surface area contributed by atoms with E-state index in [4.69, 9.17) is 11.6 Å². The van der Waals surface area contributed by atoms with Crippen LogP contribution in [0.1, 0.15) is 17.5 Å². The molecule has 0 radical (unpaired) electrons. The third-order valence-electron chi connectivity index (χ3n) is 3.66. The third kappa shape index (κ3) is 6.08. The fourth-order valence-corrected chi connectivity index (χ4v) is 2.46. The molecule has 2 aromatic carbocycles. The highest BCUT2D eigenvalue weighted by molar-refractivity contribution is 6.31. The Labute approximate surface area is 152 Å². The lowest BCUT2D eigenvalue weighted by Crippen LogP contribution is -2.31. The summed E-state index contributed by atoms with van der Waals surface area (Å²) < 4.78 is 4.66. The van der Waals surface area contributed by atoms with Crippen molar-refractivity contribution in [3.8, 4) is 0 Å². The molecule has 4 nitrogen and oxygen atoms in total. The van der Waals surface area contributed by atoms with Crippen molar-refractivity contribution in [2.24, 2.45) is 0 Å². The molecule has 0 unspecified atom stereocenters. The zero-order chi connectivity index (χ0) is 18.1. The number of halogens is 1. The summed E-state index contributed by atoms with van der Waals surface area (Å²) in [4.78, 5) is 25.6. The standard InChI is InChI=1S/C20H20ClNO3/c1-25-20(24)13-14-22(15-17-9-5-6-10-18(17)21)19(23)12-11-16-7-3-2-4-8-16/h2-12H,13-15H2,1H3/b12-11+. The van der Waals surface area contributed by atoms with Gasteiger partial charge >= 0.3 is 5.97 Å². The van der Waals surface area contributed by atoms with Crippen LogP contribution in [0.15, 0.2) is 60.7 Å². The summed E-state index contributed by atoms with van der Waals surface area (Å²) in [5.41, 5.74) is 1.76. The van der Waals surface area contributed by atoms with E-state index in [9.17, 15) is 9.59 Å². The summed E-state index contributed by atoms with van der Waals surface area (Å²) in [6.45, 7) is 0.588. The van der Waals surface area contributed by atoms with E-state index in [2.05, 4.69) is 4.74 Å². The molecule has 1 amide bonds. The van der Waals surface area contributed by atoms with E-state index >= 15 is 0 Å². The number of carbonyl (C=O) groups excluding carboxylic acids is 2. The SMILES string of the molecule is COC(=O)CCN(Cc1ccccc1Cl)C(=O)/C=C/c1ccccc1. The maximum Gasteiger partial charge on any atom is 0.307 e. The minimum absolute atomic E-state index is 0.131. The van der Waals surface area contributed by atoms with Gasteiger partial charge in [0.05, 0.1) is 13.5 Å². The van der Waals surface area contributed by atoms with Gasteiger partial charge in [-0.05, 0) is 23.3 Å². The number of hydrogen-bond donors (Lipinski definition) is 0. The van der Waals surface area contributed by atoms with Gasteiger partial charge in [-0.3, -0.25) is 9.59 Å². The van der Waals surface area contributed by atoms with Crippen molar-refractivity contribution in [1.82, 2.24) is 4.90 Å². The topological polar surface area (TPSA) is 46.6 Å². The smallest absolute Gasteiger partial charge is 0.307 e. The third-order valence-corrected chi connectivity index (χ3v) is 4.03. The molecule has 0 fully saturated rings. The molecule has 0 aromatic heterocycles. The normalized spacial score (nSPS) is 10.6. The first-order valence-electron chi connectivity index (χ1n) is 7.92. The Morgan fingerprint density at radius 2 is 1.76 bits per heavy atom. The van der Waals surface area contributed by atoms with Crippen LogP contribution >= 0.6 is 11.6 Å². The maximum absolute atomic E-state index is 12.6. The van der Waals surface area contributed by atoms with Crippen molar-refractivity contribution in [3.63, 3.8) is 0 Å². The Morgan fingerprint density at radius 3 is 2.44 bits per heavy atom. The van der Waals surface area contributed by atoms with E-state index in [0.717, 1.165) is 11.1 Å². The molecule has 0 heterocycles. The van der Waals surface area contributed by atoms with Gasteiger partial charge in [0, 0.05) is 24.2 Å². The molecule has 0 atom stereocenters. The number of esters is 1. The Morgan fingerprint density at radius 1 is 1.08 bits per heavy atom. The van der Waals surface area contributed by atoms with Gasteiger partial charge in [-0.25, -0.2) is 0 Å². The van der Waals surface area contributed by atoms with Gasteiger partial charge in [-0.2, -0.15) is 0 Å². The monoisotopic (exact) mass is 357 g/mol. The van der Waals surface area contributed by atoms with E-state index < -0.39 is 0 Å². The fourth-order valence-electron chi connectivity index (χ4n) is 2.26. The minimum Gasteiger partial charge on any atom is -0.469 e. The molecule has 0 spiro atoms. The molecule has 0 saturated heterocycles. The number of hydrogen-bond acceptors (Lipinski definition) is 3. The first kappa shape index (κ1) is 18.7. The molecule has 0 saturated carbocycles. The molecule has 0 bridgehead atoms. The molecule has 0 aliphatic carbocycles. The van der Waals surface area contributed by atoms with Gasteiger partial charge in [0.15, 0.2) is 0 Å². The predicted molar refractivity (Wildman–Crippen MR) is 99.0 cm³/mol. The predicted octanol–water partition coefficient (Wildman–Crippen LogP) is 3.95. The van der Waals surface area contributed by atoms with Crippen molar-refractivity contribution >= 4 is 29.6 Å². The zero-order valence-electron chi connectivity index (χ0n) is 14.0. The van der Waals surface area contributed by atoms with Gasteiger partial charge in [-0.1, -0.05) is 60.1 Å². The fraction of sp³-hybridized carbons (Fsp3) is 0.200. The van der Waals surface area contributed by atoms with E-state index in [1.807, 2.05) is 48.5 Å². The molecular weight excluding hydrogens is 338 g/mol. The van der Waals surface area contributed by atoms with Crippen molar-refractivity contribution in [3.05, 3.63) is 76.8 Å². The number of benzene rings is 2. The van der Waals surface area contributed by atoms with Gasteiger partial charge in [-0.15, -0.1) is 0 Å². The van der Waals surface area contributed by atoms with E-state index in [1.54, 1.807) is 17.0 Å². The van der Waals surface area contributed by atoms with E-state index in [1.165, 1.54) is 13.2 Å². The van der Waals surface area contributed by atoms with Crippen LogP contribution in [0.3, 0.4) is 0 Å². The average molecular weight is 358 g/mol. The van der Waals surface area contributed by atoms with Gasteiger partial charge < -0.3 is 9.64 Å². The van der Waals surface area contributed by atoms with Crippen LogP contribution in [0.25, 0.3) is 6.08 Å². The zero-order valence-corrected chi connectivity index (χ0v) is 14.8. The Hall–Kier alpha value is -2.59. The summed E-state index contributed by atoms with van der Waals surface area (Å²) >= 11 is 6.19. The van der Waals surface area contributed by atoms with E-state index in [0.29, 0.717) is 11.6 Å². The number of methoxy groups -OCH3 is 1. The number of carbonyl (C=O) groups is 2. The highest BCUT2D eigenvalue weighted by Gasteiger charge is 2.15. The van der Waals surface area contributed by atoms with Crippen molar-refractivity contribution < 1.29 is 14.3 Å². The Balaban J connectivity index is 2.12. The van der Waals surface area contributed by atoms with Crippen molar-refractivity contribution in [2.75, 3.05) is 13.7 Å². The van der Waals surface area contributed by atoms with Crippen LogP contribution in [0.4, 0.5) is 0 Å². The van der Waals surface area contributed by atoms with Crippen LogP contribution in [0.2, 0.25) is 5.02 Å². The highest BCUT2D eigenvalue weighted by atomic mass is 35.5. The quantitative estimate of drug-likeness (QED) is 0.557. The lowest BCUT2D eigenvalue weighted by Gasteiger charge is -2.21. The maximum atomic E-state index is 12.6. The number of rotatable bonds is 7.